The number of hydrogen-bond donors (Lipinski definition) is 1. The lowest BCUT2D eigenvalue weighted by atomic mass is 10.2. The molecule has 0 saturated heterocycles. The van der Waals surface area contributed by atoms with Gasteiger partial charge in [0.05, 0.1) is 5.52 Å². The first kappa shape index (κ1) is 12.9. The summed E-state index contributed by atoms with van der Waals surface area (Å²) in [6.07, 6.45) is -2.60. The van der Waals surface area contributed by atoms with Gasteiger partial charge in [0, 0.05) is 12.7 Å². The maximum atomic E-state index is 12.0. The van der Waals surface area contributed by atoms with E-state index >= 15 is 0 Å². The average molecular weight is 258 g/mol. The van der Waals surface area contributed by atoms with E-state index in [0.29, 0.717) is 6.54 Å². The van der Waals surface area contributed by atoms with Crippen molar-refractivity contribution in [3.8, 4) is 0 Å². The minimum atomic E-state index is -4.30. The van der Waals surface area contributed by atoms with Gasteiger partial charge in [0.25, 0.3) is 0 Å². The lowest BCUT2D eigenvalue weighted by molar-refractivity contribution is -0.181. The Bertz CT molecular complexity index is 534. The number of alkyl halides is 3. The van der Waals surface area contributed by atoms with E-state index in [-0.39, 0.29) is 6.73 Å². The largest absolute Gasteiger partial charge is 0.411 e. The zero-order valence-corrected chi connectivity index (χ0v) is 9.57. The molecule has 0 spiro atoms. The van der Waals surface area contributed by atoms with Crippen LogP contribution in [0.2, 0.25) is 0 Å². The van der Waals surface area contributed by atoms with E-state index in [9.17, 15) is 13.2 Å². The summed E-state index contributed by atoms with van der Waals surface area (Å²) in [4.78, 5) is 0. The van der Waals surface area contributed by atoms with Crippen LogP contribution in [0.4, 0.5) is 13.2 Å². The number of ether oxygens (including phenoxy) is 1. The van der Waals surface area contributed by atoms with Crippen LogP contribution in [0.25, 0.3) is 10.9 Å². The highest BCUT2D eigenvalue weighted by atomic mass is 19.4. The molecule has 0 aliphatic heterocycles. The molecule has 1 aromatic carbocycles. The summed E-state index contributed by atoms with van der Waals surface area (Å²) in [5.41, 5.74) is 7.28. The van der Waals surface area contributed by atoms with Gasteiger partial charge in [-0.15, -0.1) is 0 Å². The van der Waals surface area contributed by atoms with Crippen LogP contribution in [0.1, 0.15) is 5.56 Å². The standard InChI is InChI=1S/C12H13F3N2O/c13-12(14,15)7-18-8-17-4-3-10-2-1-9(6-16)5-11(10)17/h1-5H,6-8,16H2. The summed E-state index contributed by atoms with van der Waals surface area (Å²) in [7, 11) is 0. The Balaban J connectivity index is 2.13. The molecule has 6 heteroatoms. The molecule has 1 aromatic heterocycles. The first-order chi connectivity index (χ1) is 8.49. The number of halogens is 3. The Morgan fingerprint density at radius 3 is 2.67 bits per heavy atom. The van der Waals surface area contributed by atoms with Crippen molar-refractivity contribution in [1.82, 2.24) is 4.57 Å². The molecule has 0 bridgehead atoms. The maximum absolute atomic E-state index is 12.0. The van der Waals surface area contributed by atoms with Crippen LogP contribution >= 0.6 is 0 Å². The number of rotatable bonds is 4. The van der Waals surface area contributed by atoms with Gasteiger partial charge in [0.1, 0.15) is 13.3 Å². The second kappa shape index (κ2) is 4.99. The van der Waals surface area contributed by atoms with Crippen LogP contribution in [0.3, 0.4) is 0 Å². The van der Waals surface area contributed by atoms with Gasteiger partial charge >= 0.3 is 6.18 Å². The van der Waals surface area contributed by atoms with Crippen LogP contribution in [-0.2, 0) is 18.0 Å². The normalized spacial score (nSPS) is 12.2. The second-order valence-electron chi connectivity index (χ2n) is 3.98. The van der Waals surface area contributed by atoms with Crippen molar-refractivity contribution < 1.29 is 17.9 Å². The molecule has 0 saturated carbocycles. The molecule has 0 aliphatic carbocycles. The summed E-state index contributed by atoms with van der Waals surface area (Å²) in [6, 6.07) is 7.46. The monoisotopic (exact) mass is 258 g/mol. The third-order valence-corrected chi connectivity index (χ3v) is 2.57. The van der Waals surface area contributed by atoms with Crippen molar-refractivity contribution >= 4 is 10.9 Å². The van der Waals surface area contributed by atoms with Gasteiger partial charge in [0.2, 0.25) is 0 Å². The predicted octanol–water partition coefficient (Wildman–Crippen LogP) is 2.64. The van der Waals surface area contributed by atoms with Crippen molar-refractivity contribution in [3.05, 3.63) is 36.0 Å². The number of hydrogen-bond acceptors (Lipinski definition) is 2. The van der Waals surface area contributed by atoms with Crippen LogP contribution < -0.4 is 5.73 Å². The molecule has 1 heterocycles. The lowest BCUT2D eigenvalue weighted by Gasteiger charge is -2.09. The number of benzene rings is 1. The number of nitrogens with two attached hydrogens (primary N) is 1. The van der Waals surface area contributed by atoms with Crippen molar-refractivity contribution in [1.29, 1.82) is 0 Å². The fraction of sp³-hybridized carbons (Fsp3) is 0.333. The highest BCUT2D eigenvalue weighted by Crippen LogP contribution is 2.19. The van der Waals surface area contributed by atoms with Gasteiger partial charge in [-0.2, -0.15) is 13.2 Å². The topological polar surface area (TPSA) is 40.2 Å². The minimum absolute atomic E-state index is 0.128. The molecular formula is C12H13F3N2O. The van der Waals surface area contributed by atoms with Gasteiger partial charge in [0.15, 0.2) is 0 Å². The van der Waals surface area contributed by atoms with E-state index in [1.165, 1.54) is 0 Å². The van der Waals surface area contributed by atoms with Crippen LogP contribution in [0.5, 0.6) is 0 Å². The Kier molecular flexibility index (Phi) is 3.58. The molecule has 0 atom stereocenters. The quantitative estimate of drug-likeness (QED) is 0.915. The molecular weight excluding hydrogens is 245 g/mol. The molecule has 0 aliphatic rings. The lowest BCUT2D eigenvalue weighted by Crippen LogP contribution is -2.18. The van der Waals surface area contributed by atoms with Crippen molar-refractivity contribution in [2.45, 2.75) is 19.5 Å². The Hall–Kier alpha value is -1.53. The van der Waals surface area contributed by atoms with E-state index in [2.05, 4.69) is 4.74 Å². The molecule has 98 valence electrons. The molecule has 0 radical (unpaired) electrons. The Labute approximate surface area is 102 Å². The summed E-state index contributed by atoms with van der Waals surface area (Å²) < 4.78 is 42.2. The number of fused-ring (bicyclic) bond motifs is 1. The predicted molar refractivity (Wildman–Crippen MR) is 61.8 cm³/mol. The van der Waals surface area contributed by atoms with Gasteiger partial charge in [-0.1, -0.05) is 12.1 Å². The molecule has 3 nitrogen and oxygen atoms in total. The first-order valence-corrected chi connectivity index (χ1v) is 5.42. The Morgan fingerprint density at radius 2 is 2.00 bits per heavy atom. The molecule has 0 amide bonds. The van der Waals surface area contributed by atoms with Crippen molar-refractivity contribution in [2.24, 2.45) is 5.73 Å². The van der Waals surface area contributed by atoms with Crippen molar-refractivity contribution in [2.75, 3.05) is 6.61 Å². The SMILES string of the molecule is NCc1ccc2ccn(COCC(F)(F)F)c2c1. The summed E-state index contributed by atoms with van der Waals surface area (Å²) >= 11 is 0. The fourth-order valence-corrected chi connectivity index (χ4v) is 1.73. The third kappa shape index (κ3) is 3.02. The highest BCUT2D eigenvalue weighted by Gasteiger charge is 2.27. The smallest absolute Gasteiger partial charge is 0.351 e. The average Bonchev–Trinajstić information content (AvgIpc) is 2.70. The van der Waals surface area contributed by atoms with Gasteiger partial charge in [-0.25, -0.2) is 0 Å². The zero-order chi connectivity index (χ0) is 13.2. The highest BCUT2D eigenvalue weighted by molar-refractivity contribution is 5.80. The minimum Gasteiger partial charge on any atom is -0.351 e. The van der Waals surface area contributed by atoms with Crippen LogP contribution in [0, 0.1) is 0 Å². The molecule has 18 heavy (non-hydrogen) atoms. The van der Waals surface area contributed by atoms with Gasteiger partial charge in [-0.3, -0.25) is 0 Å². The molecule has 0 fully saturated rings. The summed E-state index contributed by atoms with van der Waals surface area (Å²) in [6.45, 7) is -0.981. The number of aromatic nitrogens is 1. The van der Waals surface area contributed by atoms with E-state index in [4.69, 9.17) is 5.73 Å². The Morgan fingerprint density at radius 1 is 1.22 bits per heavy atom. The van der Waals surface area contributed by atoms with Crippen molar-refractivity contribution in [3.63, 3.8) is 0 Å². The van der Waals surface area contributed by atoms with Gasteiger partial charge < -0.3 is 15.0 Å². The first-order valence-electron chi connectivity index (χ1n) is 5.42. The molecule has 2 rings (SSSR count). The number of nitrogens with zero attached hydrogens (tertiary/aromatic N) is 1. The second-order valence-corrected chi connectivity index (χ2v) is 3.98. The molecule has 2 aromatic rings. The summed E-state index contributed by atoms with van der Waals surface area (Å²) in [5, 5.41) is 0.947. The van der Waals surface area contributed by atoms with Gasteiger partial charge in [-0.05, 0) is 23.1 Å². The maximum Gasteiger partial charge on any atom is 0.411 e. The third-order valence-electron chi connectivity index (χ3n) is 2.57. The zero-order valence-electron chi connectivity index (χ0n) is 9.57. The van der Waals surface area contributed by atoms with E-state index in [0.717, 1.165) is 16.5 Å². The van der Waals surface area contributed by atoms with E-state index in [1.54, 1.807) is 10.8 Å². The van der Waals surface area contributed by atoms with E-state index in [1.807, 2.05) is 24.3 Å². The summed E-state index contributed by atoms with van der Waals surface area (Å²) in [5.74, 6) is 0. The van der Waals surface area contributed by atoms with E-state index < -0.39 is 12.8 Å². The fourth-order valence-electron chi connectivity index (χ4n) is 1.73. The van der Waals surface area contributed by atoms with Crippen LogP contribution in [0.15, 0.2) is 30.5 Å². The van der Waals surface area contributed by atoms with Crippen LogP contribution in [-0.4, -0.2) is 17.4 Å². The molecule has 0 unspecified atom stereocenters. The molecule has 2 N–H and O–H groups in total.